The molecule has 0 bridgehead atoms. The smallest absolute Gasteiger partial charge is 0.251 e. The van der Waals surface area contributed by atoms with Gasteiger partial charge < -0.3 is 4.98 Å². The molecule has 18 heavy (non-hydrogen) atoms. The number of rotatable bonds is 2. The molecule has 1 saturated carbocycles. The van der Waals surface area contributed by atoms with Gasteiger partial charge in [-0.05, 0) is 31.0 Å². The monoisotopic (exact) mass is 280 g/mol. The first-order valence-electron chi connectivity index (χ1n) is 5.70. The van der Waals surface area contributed by atoms with E-state index in [1.807, 2.05) is 0 Å². The molecule has 2 aromatic rings. The first-order chi connectivity index (χ1) is 8.63. The van der Waals surface area contributed by atoms with E-state index < -0.39 is 0 Å². The molecule has 0 unspecified atom stereocenters. The number of aromatic nitrogens is 2. The van der Waals surface area contributed by atoms with E-state index in [1.165, 1.54) is 0 Å². The molecule has 1 fully saturated rings. The highest BCUT2D eigenvalue weighted by atomic mass is 35.5. The quantitative estimate of drug-likeness (QED) is 0.913. The summed E-state index contributed by atoms with van der Waals surface area (Å²) in [4.78, 5) is 18.8. The highest BCUT2D eigenvalue weighted by Crippen LogP contribution is 2.39. The summed E-state index contributed by atoms with van der Waals surface area (Å²) in [5.41, 5.74) is 1.34. The number of halogens is 2. The van der Waals surface area contributed by atoms with Gasteiger partial charge >= 0.3 is 0 Å². The van der Waals surface area contributed by atoms with Gasteiger partial charge in [-0.3, -0.25) is 4.79 Å². The Hall–Kier alpha value is -1.32. The lowest BCUT2D eigenvalue weighted by molar-refractivity contribution is 0.977. The SMILES string of the molecule is O=c1cc(C2CC2)nc(-c2cc(Cl)ccc2Cl)[nH]1. The summed E-state index contributed by atoms with van der Waals surface area (Å²) in [6.07, 6.45) is 2.19. The summed E-state index contributed by atoms with van der Waals surface area (Å²) in [5, 5.41) is 1.09. The molecule has 5 heteroatoms. The summed E-state index contributed by atoms with van der Waals surface area (Å²) < 4.78 is 0. The van der Waals surface area contributed by atoms with Gasteiger partial charge in [0.25, 0.3) is 5.56 Å². The van der Waals surface area contributed by atoms with Crippen molar-refractivity contribution in [2.24, 2.45) is 0 Å². The third-order valence-corrected chi connectivity index (χ3v) is 3.51. The van der Waals surface area contributed by atoms with Crippen molar-refractivity contribution in [1.82, 2.24) is 9.97 Å². The first kappa shape index (κ1) is 11.8. The third-order valence-electron chi connectivity index (χ3n) is 2.94. The highest BCUT2D eigenvalue weighted by Gasteiger charge is 2.26. The molecular formula is C13H10Cl2N2O. The summed E-state index contributed by atoms with van der Waals surface area (Å²) in [5.74, 6) is 0.904. The van der Waals surface area contributed by atoms with E-state index in [4.69, 9.17) is 23.2 Å². The molecule has 3 nitrogen and oxygen atoms in total. The average molecular weight is 281 g/mol. The van der Waals surface area contributed by atoms with E-state index in [1.54, 1.807) is 24.3 Å². The maximum atomic E-state index is 11.6. The lowest BCUT2D eigenvalue weighted by Crippen LogP contribution is -2.10. The third kappa shape index (κ3) is 2.28. The van der Waals surface area contributed by atoms with Crippen LogP contribution in [0, 0.1) is 0 Å². The van der Waals surface area contributed by atoms with Gasteiger partial charge in [0.2, 0.25) is 0 Å². The van der Waals surface area contributed by atoms with Crippen molar-refractivity contribution in [1.29, 1.82) is 0 Å². The second-order valence-corrected chi connectivity index (χ2v) is 5.26. The van der Waals surface area contributed by atoms with Gasteiger partial charge in [-0.2, -0.15) is 0 Å². The minimum absolute atomic E-state index is 0.155. The Labute approximate surface area is 114 Å². The number of H-pyrrole nitrogens is 1. The molecule has 0 saturated heterocycles. The Morgan fingerprint density at radius 1 is 1.22 bits per heavy atom. The molecule has 1 aliphatic rings. The molecule has 0 radical (unpaired) electrons. The molecular weight excluding hydrogens is 271 g/mol. The van der Waals surface area contributed by atoms with Crippen LogP contribution >= 0.6 is 23.2 Å². The molecule has 0 amide bonds. The van der Waals surface area contributed by atoms with E-state index in [9.17, 15) is 4.79 Å². The molecule has 92 valence electrons. The number of benzene rings is 1. The zero-order valence-electron chi connectivity index (χ0n) is 9.41. The molecule has 0 spiro atoms. The van der Waals surface area contributed by atoms with Crippen LogP contribution in [0.2, 0.25) is 10.0 Å². The van der Waals surface area contributed by atoms with Crippen LogP contribution in [-0.4, -0.2) is 9.97 Å². The molecule has 3 rings (SSSR count). The molecule has 0 aliphatic heterocycles. The van der Waals surface area contributed by atoms with Gasteiger partial charge in [-0.15, -0.1) is 0 Å². The summed E-state index contributed by atoms with van der Waals surface area (Å²) in [6.45, 7) is 0. The zero-order chi connectivity index (χ0) is 12.7. The van der Waals surface area contributed by atoms with Crippen LogP contribution in [0.5, 0.6) is 0 Å². The largest absolute Gasteiger partial charge is 0.306 e. The Bertz CT molecular complexity index is 662. The average Bonchev–Trinajstić information content (AvgIpc) is 3.15. The van der Waals surface area contributed by atoms with Gasteiger partial charge in [-0.1, -0.05) is 23.2 Å². The fourth-order valence-electron chi connectivity index (χ4n) is 1.87. The van der Waals surface area contributed by atoms with Crippen molar-refractivity contribution >= 4 is 23.2 Å². The number of hydrogen-bond donors (Lipinski definition) is 1. The number of aromatic amines is 1. The zero-order valence-corrected chi connectivity index (χ0v) is 10.9. The minimum atomic E-state index is -0.155. The van der Waals surface area contributed by atoms with E-state index in [0.29, 0.717) is 27.4 Å². The van der Waals surface area contributed by atoms with Crippen LogP contribution in [-0.2, 0) is 0 Å². The normalized spacial score (nSPS) is 14.8. The van der Waals surface area contributed by atoms with Crippen LogP contribution in [0.3, 0.4) is 0 Å². The molecule has 1 aliphatic carbocycles. The lowest BCUT2D eigenvalue weighted by Gasteiger charge is -2.06. The molecule has 1 heterocycles. The van der Waals surface area contributed by atoms with Crippen molar-refractivity contribution in [2.75, 3.05) is 0 Å². The van der Waals surface area contributed by atoms with Crippen LogP contribution < -0.4 is 5.56 Å². The maximum Gasteiger partial charge on any atom is 0.251 e. The number of nitrogens with zero attached hydrogens (tertiary/aromatic N) is 1. The second kappa shape index (κ2) is 4.41. The lowest BCUT2D eigenvalue weighted by atomic mass is 10.2. The standard InChI is InChI=1S/C13H10Cl2N2O/c14-8-3-4-10(15)9(5-8)13-16-11(7-1-2-7)6-12(18)17-13/h3-7H,1-2H2,(H,16,17,18). The Balaban J connectivity index is 2.15. The van der Waals surface area contributed by atoms with Crippen LogP contribution in [0.4, 0.5) is 0 Å². The van der Waals surface area contributed by atoms with E-state index >= 15 is 0 Å². The van der Waals surface area contributed by atoms with E-state index in [0.717, 1.165) is 18.5 Å². The Kier molecular flexibility index (Phi) is 2.88. The summed E-state index contributed by atoms with van der Waals surface area (Å²) in [6, 6.07) is 6.66. The van der Waals surface area contributed by atoms with E-state index in [2.05, 4.69) is 9.97 Å². The molecule has 1 N–H and O–H groups in total. The first-order valence-corrected chi connectivity index (χ1v) is 6.46. The van der Waals surface area contributed by atoms with Crippen molar-refractivity contribution in [2.45, 2.75) is 18.8 Å². The Morgan fingerprint density at radius 3 is 2.72 bits per heavy atom. The van der Waals surface area contributed by atoms with Gasteiger partial charge in [0.05, 0.1) is 10.7 Å². The minimum Gasteiger partial charge on any atom is -0.306 e. The van der Waals surface area contributed by atoms with Gasteiger partial charge in [0.1, 0.15) is 5.82 Å². The maximum absolute atomic E-state index is 11.6. The van der Waals surface area contributed by atoms with Crippen molar-refractivity contribution in [3.05, 3.63) is 50.4 Å². The van der Waals surface area contributed by atoms with Crippen LogP contribution in [0.25, 0.3) is 11.4 Å². The molecule has 1 aromatic carbocycles. The molecule has 0 atom stereocenters. The predicted molar refractivity (Wildman–Crippen MR) is 72.3 cm³/mol. The fraction of sp³-hybridized carbons (Fsp3) is 0.231. The van der Waals surface area contributed by atoms with Crippen LogP contribution in [0.1, 0.15) is 24.5 Å². The number of hydrogen-bond acceptors (Lipinski definition) is 2. The fourth-order valence-corrected chi connectivity index (χ4v) is 2.25. The van der Waals surface area contributed by atoms with Crippen molar-refractivity contribution in [3.8, 4) is 11.4 Å². The summed E-state index contributed by atoms with van der Waals surface area (Å²) in [7, 11) is 0. The second-order valence-electron chi connectivity index (χ2n) is 4.42. The number of nitrogens with one attached hydrogen (secondary N) is 1. The van der Waals surface area contributed by atoms with Crippen LogP contribution in [0.15, 0.2) is 29.1 Å². The predicted octanol–water partition coefficient (Wildman–Crippen LogP) is 3.62. The Morgan fingerprint density at radius 2 is 2.00 bits per heavy atom. The topological polar surface area (TPSA) is 45.8 Å². The van der Waals surface area contributed by atoms with Crippen molar-refractivity contribution < 1.29 is 0 Å². The van der Waals surface area contributed by atoms with Gasteiger partial charge in [0.15, 0.2) is 0 Å². The van der Waals surface area contributed by atoms with Crippen molar-refractivity contribution in [3.63, 3.8) is 0 Å². The molecule has 1 aromatic heterocycles. The van der Waals surface area contributed by atoms with Gasteiger partial charge in [0, 0.05) is 22.6 Å². The highest BCUT2D eigenvalue weighted by molar-refractivity contribution is 6.35. The van der Waals surface area contributed by atoms with Gasteiger partial charge in [-0.25, -0.2) is 4.98 Å². The summed E-state index contributed by atoms with van der Waals surface area (Å²) >= 11 is 12.1. The van der Waals surface area contributed by atoms with E-state index in [-0.39, 0.29) is 5.56 Å².